The molecule has 9 aromatic carbocycles. The first-order valence-corrected chi connectivity index (χ1v) is 22.1. The highest BCUT2D eigenvalue weighted by Gasteiger charge is 2.53. The standard InChI is InChI=1S/C61H45N/c1-59(2)49-23-12-8-19-42(49)46-33-30-40(36-54(46)59)62(41-31-34-47-43-20-9-13-24-50(43)60(3,4)55(47)37-41)57-28-16-27-53-58(57)48-32-29-39(38-17-6-5-7-18-38)35-56(48)61(53)51-25-14-10-21-44(51)45-22-11-15-26-52(45)61/h5-37H,1-4H3. The van der Waals surface area contributed by atoms with Gasteiger partial charge < -0.3 is 4.90 Å². The third-order valence-corrected chi connectivity index (χ3v) is 15.1. The lowest BCUT2D eigenvalue weighted by atomic mass is 9.70. The van der Waals surface area contributed by atoms with Crippen LogP contribution in [0, 0.1) is 0 Å². The van der Waals surface area contributed by atoms with Gasteiger partial charge in [0.1, 0.15) is 0 Å². The van der Waals surface area contributed by atoms with Crippen LogP contribution in [0.2, 0.25) is 0 Å². The van der Waals surface area contributed by atoms with Gasteiger partial charge in [0.05, 0.1) is 11.1 Å². The summed E-state index contributed by atoms with van der Waals surface area (Å²) in [6, 6.07) is 76.0. The maximum atomic E-state index is 2.58. The van der Waals surface area contributed by atoms with Crippen LogP contribution in [0.5, 0.6) is 0 Å². The molecule has 0 N–H and O–H groups in total. The lowest BCUT2D eigenvalue weighted by Gasteiger charge is -2.33. The molecule has 0 bridgehead atoms. The minimum Gasteiger partial charge on any atom is -0.310 e. The van der Waals surface area contributed by atoms with Gasteiger partial charge >= 0.3 is 0 Å². The molecular weight excluding hydrogens is 747 g/mol. The van der Waals surface area contributed by atoms with E-state index in [1.165, 1.54) is 117 Å². The first-order valence-electron chi connectivity index (χ1n) is 22.1. The average Bonchev–Trinajstić information content (AvgIpc) is 3.95. The zero-order valence-corrected chi connectivity index (χ0v) is 35.5. The highest BCUT2D eigenvalue weighted by molar-refractivity contribution is 6.02. The van der Waals surface area contributed by atoms with Gasteiger partial charge in [0, 0.05) is 27.8 Å². The Morgan fingerprint density at radius 2 is 0.726 bits per heavy atom. The quantitative estimate of drug-likeness (QED) is 0.172. The highest BCUT2D eigenvalue weighted by Crippen LogP contribution is 2.65. The lowest BCUT2D eigenvalue weighted by Crippen LogP contribution is -2.26. The van der Waals surface area contributed by atoms with Crippen molar-refractivity contribution in [1.29, 1.82) is 0 Å². The predicted octanol–water partition coefficient (Wildman–Crippen LogP) is 15.8. The van der Waals surface area contributed by atoms with Crippen molar-refractivity contribution in [3.63, 3.8) is 0 Å². The molecule has 0 saturated heterocycles. The molecule has 0 fully saturated rings. The molecule has 0 atom stereocenters. The van der Waals surface area contributed by atoms with Crippen LogP contribution in [0.3, 0.4) is 0 Å². The fourth-order valence-corrected chi connectivity index (χ4v) is 12.3. The SMILES string of the molecule is CC1(C)c2ccccc2-c2ccc(N(c3ccc4c(c3)C(C)(C)c3ccccc3-4)c3cccc4c3-c3ccc(-c5ccccc5)cc3C43c4ccccc4-c4ccccc43)cc21. The molecule has 294 valence electrons. The fourth-order valence-electron chi connectivity index (χ4n) is 12.3. The van der Waals surface area contributed by atoms with Gasteiger partial charge in [0.15, 0.2) is 0 Å². The van der Waals surface area contributed by atoms with Crippen LogP contribution in [-0.4, -0.2) is 0 Å². The Balaban J connectivity index is 1.11. The maximum absolute atomic E-state index is 2.58. The van der Waals surface area contributed by atoms with E-state index in [-0.39, 0.29) is 10.8 Å². The summed E-state index contributed by atoms with van der Waals surface area (Å²) in [4.78, 5) is 2.58. The van der Waals surface area contributed by atoms with Crippen molar-refractivity contribution < 1.29 is 0 Å². The summed E-state index contributed by atoms with van der Waals surface area (Å²) in [6.07, 6.45) is 0. The fraction of sp³-hybridized carbons (Fsp3) is 0.115. The van der Waals surface area contributed by atoms with Crippen LogP contribution in [0.1, 0.15) is 72.2 Å². The van der Waals surface area contributed by atoms with Crippen LogP contribution in [0.4, 0.5) is 17.1 Å². The molecule has 0 heterocycles. The Bertz CT molecular complexity index is 3210. The molecule has 1 spiro atoms. The maximum Gasteiger partial charge on any atom is 0.0726 e. The van der Waals surface area contributed by atoms with Gasteiger partial charge in [-0.3, -0.25) is 0 Å². The van der Waals surface area contributed by atoms with E-state index in [2.05, 4.69) is 233 Å². The zero-order valence-electron chi connectivity index (χ0n) is 35.5. The van der Waals surface area contributed by atoms with E-state index in [0.717, 1.165) is 0 Å². The predicted molar refractivity (Wildman–Crippen MR) is 258 cm³/mol. The van der Waals surface area contributed by atoms with E-state index >= 15 is 0 Å². The summed E-state index contributed by atoms with van der Waals surface area (Å²) in [5.41, 5.74) is 26.6. The largest absolute Gasteiger partial charge is 0.310 e. The van der Waals surface area contributed by atoms with Gasteiger partial charge in [-0.05, 0) is 131 Å². The average molecular weight is 792 g/mol. The van der Waals surface area contributed by atoms with E-state index < -0.39 is 5.41 Å². The Labute approximate surface area is 364 Å². The summed E-state index contributed by atoms with van der Waals surface area (Å²) in [5.74, 6) is 0. The first-order chi connectivity index (χ1) is 30.3. The number of anilines is 3. The van der Waals surface area contributed by atoms with Gasteiger partial charge in [-0.2, -0.15) is 0 Å². The third-order valence-electron chi connectivity index (χ3n) is 15.1. The molecule has 1 heteroatoms. The lowest BCUT2D eigenvalue weighted by molar-refractivity contribution is 0.660. The molecule has 0 radical (unpaired) electrons. The molecule has 9 aromatic rings. The number of hydrogen-bond donors (Lipinski definition) is 0. The molecule has 0 amide bonds. The second-order valence-electron chi connectivity index (χ2n) is 18.8. The van der Waals surface area contributed by atoms with Crippen LogP contribution in [0.15, 0.2) is 200 Å². The first kappa shape index (κ1) is 35.5. The van der Waals surface area contributed by atoms with Gasteiger partial charge in [-0.1, -0.05) is 191 Å². The van der Waals surface area contributed by atoms with Crippen LogP contribution in [0.25, 0.3) is 55.6 Å². The Morgan fingerprint density at radius 1 is 0.290 bits per heavy atom. The van der Waals surface area contributed by atoms with E-state index in [1.54, 1.807) is 0 Å². The van der Waals surface area contributed by atoms with Crippen molar-refractivity contribution in [2.45, 2.75) is 43.9 Å². The summed E-state index contributed by atoms with van der Waals surface area (Å²) in [6.45, 7) is 9.56. The molecule has 0 saturated carbocycles. The number of fused-ring (bicyclic) bond motifs is 16. The van der Waals surface area contributed by atoms with Gasteiger partial charge in [0.2, 0.25) is 0 Å². The molecule has 62 heavy (non-hydrogen) atoms. The molecular formula is C61H45N. The number of hydrogen-bond acceptors (Lipinski definition) is 1. The van der Waals surface area contributed by atoms with Gasteiger partial charge in [0.25, 0.3) is 0 Å². The van der Waals surface area contributed by atoms with Gasteiger partial charge in [-0.15, -0.1) is 0 Å². The number of nitrogens with zero attached hydrogens (tertiary/aromatic N) is 1. The molecule has 0 unspecified atom stereocenters. The monoisotopic (exact) mass is 791 g/mol. The topological polar surface area (TPSA) is 3.24 Å². The van der Waals surface area contributed by atoms with Crippen molar-refractivity contribution in [2.75, 3.05) is 4.90 Å². The Morgan fingerprint density at radius 3 is 1.27 bits per heavy atom. The van der Waals surface area contributed by atoms with Crippen molar-refractivity contribution in [3.8, 4) is 55.6 Å². The van der Waals surface area contributed by atoms with Crippen LogP contribution >= 0.6 is 0 Å². The molecule has 0 aromatic heterocycles. The zero-order chi connectivity index (χ0) is 41.5. The van der Waals surface area contributed by atoms with Crippen molar-refractivity contribution in [1.82, 2.24) is 0 Å². The Hall–Kier alpha value is -7.22. The molecule has 0 aliphatic heterocycles. The minimum atomic E-state index is -0.493. The van der Waals surface area contributed by atoms with Crippen molar-refractivity contribution in [2.24, 2.45) is 0 Å². The van der Waals surface area contributed by atoms with E-state index in [9.17, 15) is 0 Å². The van der Waals surface area contributed by atoms with Crippen molar-refractivity contribution >= 4 is 17.1 Å². The van der Waals surface area contributed by atoms with E-state index in [0.29, 0.717) is 0 Å². The number of benzene rings is 9. The second-order valence-corrected chi connectivity index (χ2v) is 18.8. The van der Waals surface area contributed by atoms with Crippen molar-refractivity contribution in [3.05, 3.63) is 245 Å². The normalized spacial score (nSPS) is 15.5. The van der Waals surface area contributed by atoms with Gasteiger partial charge in [-0.25, -0.2) is 0 Å². The summed E-state index contributed by atoms with van der Waals surface area (Å²) in [5, 5.41) is 0. The van der Waals surface area contributed by atoms with Crippen LogP contribution in [-0.2, 0) is 16.2 Å². The Kier molecular flexibility index (Phi) is 7.12. The molecule has 4 aliphatic carbocycles. The van der Waals surface area contributed by atoms with E-state index in [1.807, 2.05) is 0 Å². The van der Waals surface area contributed by atoms with Crippen LogP contribution < -0.4 is 4.90 Å². The highest BCUT2D eigenvalue weighted by atomic mass is 15.1. The number of rotatable bonds is 4. The molecule has 4 aliphatic rings. The summed E-state index contributed by atoms with van der Waals surface area (Å²) in [7, 11) is 0. The molecule has 13 rings (SSSR count). The second kappa shape index (κ2) is 12.4. The smallest absolute Gasteiger partial charge is 0.0726 e. The summed E-state index contributed by atoms with van der Waals surface area (Å²) < 4.78 is 0. The molecule has 1 nitrogen and oxygen atoms in total. The summed E-state index contributed by atoms with van der Waals surface area (Å²) >= 11 is 0. The minimum absolute atomic E-state index is 0.143. The third kappa shape index (κ3) is 4.48. The van der Waals surface area contributed by atoms with E-state index in [4.69, 9.17) is 0 Å².